The minimum atomic E-state index is 0.236. The Bertz CT molecular complexity index is 980. The first-order chi connectivity index (χ1) is 10.3. The third-order valence-electron chi connectivity index (χ3n) is 3.20. The van der Waals surface area contributed by atoms with Gasteiger partial charge >= 0.3 is 0 Å². The highest BCUT2D eigenvalue weighted by molar-refractivity contribution is 5.86. The van der Waals surface area contributed by atoms with Crippen molar-refractivity contribution in [3.63, 3.8) is 0 Å². The molecule has 0 amide bonds. The Hall–Kier alpha value is -3.29. The molecule has 102 valence electrons. The molecule has 0 bridgehead atoms. The maximum absolute atomic E-state index is 6.00. The third kappa shape index (κ3) is 1.66. The molecule has 0 aromatic carbocycles. The Morgan fingerprint density at radius 3 is 2.86 bits per heavy atom. The average molecular weight is 278 g/mol. The first-order valence-electron chi connectivity index (χ1n) is 6.18. The van der Waals surface area contributed by atoms with Crippen LogP contribution in [0.25, 0.3) is 22.4 Å². The van der Waals surface area contributed by atoms with Gasteiger partial charge in [0, 0.05) is 24.2 Å². The molecular formula is C13H10N8. The third-order valence-corrected chi connectivity index (χ3v) is 3.20. The summed E-state index contributed by atoms with van der Waals surface area (Å²) in [7, 11) is 0. The second-order valence-electron chi connectivity index (χ2n) is 4.43. The fourth-order valence-electron chi connectivity index (χ4n) is 2.27. The maximum atomic E-state index is 6.00. The first-order valence-corrected chi connectivity index (χ1v) is 6.18. The van der Waals surface area contributed by atoms with Gasteiger partial charge in [0.05, 0.1) is 5.69 Å². The number of aliphatic imine (C=N–C) groups is 1. The van der Waals surface area contributed by atoms with Gasteiger partial charge in [-0.05, 0) is 24.9 Å². The fourth-order valence-corrected chi connectivity index (χ4v) is 2.27. The van der Waals surface area contributed by atoms with Crippen molar-refractivity contribution < 1.29 is 0 Å². The minimum Gasteiger partial charge on any atom is -0.382 e. The number of hydrogen-bond donors (Lipinski definition) is 1. The van der Waals surface area contributed by atoms with Crippen LogP contribution < -0.4 is 5.73 Å². The summed E-state index contributed by atoms with van der Waals surface area (Å²) in [6.07, 6.45) is 5.28. The Balaban J connectivity index is 1.99. The van der Waals surface area contributed by atoms with Gasteiger partial charge in [-0.1, -0.05) is 0 Å². The maximum Gasteiger partial charge on any atom is 0.268 e. The zero-order valence-electron chi connectivity index (χ0n) is 10.9. The molecule has 0 radical (unpaired) electrons. The standard InChI is InChI=1S/C13H10N8/c1-15-13-17-12(14)11-8(4-6-21(11)19-13)9-2-3-10-16-5-7-20(10)18-9/h2-7H,1H2,(H2,14,17,19). The predicted octanol–water partition coefficient (Wildman–Crippen LogP) is 1.35. The van der Waals surface area contributed by atoms with Crippen LogP contribution in [0.15, 0.2) is 41.8 Å². The number of nitrogens with zero attached hydrogens (tertiary/aromatic N) is 7. The van der Waals surface area contributed by atoms with Gasteiger partial charge in [0.2, 0.25) is 0 Å². The van der Waals surface area contributed by atoms with E-state index in [1.165, 1.54) is 0 Å². The largest absolute Gasteiger partial charge is 0.382 e. The number of anilines is 1. The van der Waals surface area contributed by atoms with E-state index in [0.717, 1.165) is 16.9 Å². The second-order valence-corrected chi connectivity index (χ2v) is 4.43. The molecule has 0 saturated heterocycles. The molecule has 4 heterocycles. The number of aromatic nitrogens is 6. The summed E-state index contributed by atoms with van der Waals surface area (Å²) < 4.78 is 3.33. The lowest BCUT2D eigenvalue weighted by Gasteiger charge is -2.03. The molecule has 4 aromatic rings. The Kier molecular flexibility index (Phi) is 2.25. The van der Waals surface area contributed by atoms with E-state index in [-0.39, 0.29) is 5.95 Å². The van der Waals surface area contributed by atoms with Crippen LogP contribution in [-0.4, -0.2) is 35.9 Å². The SMILES string of the molecule is C=Nc1nc(N)c2c(-c3ccc4nccn4n3)ccn2n1. The lowest BCUT2D eigenvalue weighted by atomic mass is 10.2. The molecule has 0 aliphatic carbocycles. The molecular weight excluding hydrogens is 268 g/mol. The number of hydrogen-bond acceptors (Lipinski definition) is 6. The number of nitrogen functional groups attached to an aromatic ring is 1. The van der Waals surface area contributed by atoms with Crippen LogP contribution in [0, 0.1) is 0 Å². The van der Waals surface area contributed by atoms with E-state index in [2.05, 4.69) is 31.9 Å². The van der Waals surface area contributed by atoms with Gasteiger partial charge in [-0.25, -0.2) is 19.0 Å². The van der Waals surface area contributed by atoms with Crippen molar-refractivity contribution in [3.8, 4) is 11.3 Å². The molecule has 8 nitrogen and oxygen atoms in total. The first kappa shape index (κ1) is 11.5. The number of nitrogens with two attached hydrogens (primary N) is 1. The number of fused-ring (bicyclic) bond motifs is 2. The van der Waals surface area contributed by atoms with Crippen LogP contribution >= 0.6 is 0 Å². The molecule has 4 rings (SSSR count). The van der Waals surface area contributed by atoms with Crippen LogP contribution in [0.1, 0.15) is 0 Å². The zero-order chi connectivity index (χ0) is 14.4. The lowest BCUT2D eigenvalue weighted by molar-refractivity contribution is 0.907. The van der Waals surface area contributed by atoms with Crippen molar-refractivity contribution in [2.45, 2.75) is 0 Å². The molecule has 0 unspecified atom stereocenters. The Labute approximate surface area is 118 Å². The monoisotopic (exact) mass is 278 g/mol. The van der Waals surface area contributed by atoms with Crippen molar-refractivity contribution in [1.29, 1.82) is 0 Å². The van der Waals surface area contributed by atoms with Crippen molar-refractivity contribution in [2.24, 2.45) is 4.99 Å². The molecule has 21 heavy (non-hydrogen) atoms. The van der Waals surface area contributed by atoms with E-state index < -0.39 is 0 Å². The topological polar surface area (TPSA) is 98.8 Å². The van der Waals surface area contributed by atoms with Crippen LogP contribution in [0.4, 0.5) is 11.8 Å². The van der Waals surface area contributed by atoms with E-state index in [9.17, 15) is 0 Å². The highest BCUT2D eigenvalue weighted by atomic mass is 15.3. The summed E-state index contributed by atoms with van der Waals surface area (Å²) >= 11 is 0. The van der Waals surface area contributed by atoms with Gasteiger partial charge in [-0.3, -0.25) is 0 Å². The van der Waals surface area contributed by atoms with Gasteiger partial charge in [0.1, 0.15) is 5.52 Å². The molecule has 0 fully saturated rings. The van der Waals surface area contributed by atoms with E-state index in [1.54, 1.807) is 27.6 Å². The summed E-state index contributed by atoms with van der Waals surface area (Å²) in [6, 6.07) is 5.66. The molecule has 0 saturated carbocycles. The van der Waals surface area contributed by atoms with Crippen LogP contribution in [0.5, 0.6) is 0 Å². The molecule has 4 aromatic heterocycles. The van der Waals surface area contributed by atoms with Gasteiger partial charge < -0.3 is 5.73 Å². The van der Waals surface area contributed by atoms with E-state index in [4.69, 9.17) is 5.73 Å². The normalized spacial score (nSPS) is 11.2. The summed E-state index contributed by atoms with van der Waals surface area (Å²) in [5, 5.41) is 8.71. The summed E-state index contributed by atoms with van der Waals surface area (Å²) in [4.78, 5) is 12.0. The second kappa shape index (κ2) is 4.10. The van der Waals surface area contributed by atoms with Crippen LogP contribution in [0.3, 0.4) is 0 Å². The minimum absolute atomic E-state index is 0.236. The highest BCUT2D eigenvalue weighted by Crippen LogP contribution is 2.27. The lowest BCUT2D eigenvalue weighted by Crippen LogP contribution is -2.00. The van der Waals surface area contributed by atoms with Gasteiger partial charge in [-0.2, -0.15) is 10.1 Å². The zero-order valence-corrected chi connectivity index (χ0v) is 10.9. The number of imidazole rings is 1. The predicted molar refractivity (Wildman–Crippen MR) is 78.6 cm³/mol. The fraction of sp³-hybridized carbons (Fsp3) is 0. The molecule has 0 aliphatic rings. The Morgan fingerprint density at radius 1 is 1.10 bits per heavy atom. The average Bonchev–Trinajstić information content (AvgIpc) is 3.12. The Morgan fingerprint density at radius 2 is 2.00 bits per heavy atom. The smallest absolute Gasteiger partial charge is 0.268 e. The highest BCUT2D eigenvalue weighted by Gasteiger charge is 2.13. The molecule has 2 N–H and O–H groups in total. The van der Waals surface area contributed by atoms with Crippen molar-refractivity contribution in [3.05, 3.63) is 36.8 Å². The van der Waals surface area contributed by atoms with Gasteiger partial charge in [0.25, 0.3) is 5.95 Å². The quantitative estimate of drug-likeness (QED) is 0.558. The number of rotatable bonds is 2. The summed E-state index contributed by atoms with van der Waals surface area (Å²) in [5.74, 6) is 0.570. The van der Waals surface area contributed by atoms with Crippen LogP contribution in [-0.2, 0) is 0 Å². The van der Waals surface area contributed by atoms with Gasteiger partial charge in [0.15, 0.2) is 11.5 Å². The van der Waals surface area contributed by atoms with Crippen molar-refractivity contribution in [2.75, 3.05) is 5.73 Å². The van der Waals surface area contributed by atoms with Crippen LogP contribution in [0.2, 0.25) is 0 Å². The van der Waals surface area contributed by atoms with E-state index in [1.807, 2.05) is 18.2 Å². The van der Waals surface area contributed by atoms with E-state index in [0.29, 0.717) is 11.3 Å². The molecule has 0 spiro atoms. The summed E-state index contributed by atoms with van der Waals surface area (Å²) in [5.41, 5.74) is 9.08. The summed E-state index contributed by atoms with van der Waals surface area (Å²) in [6.45, 7) is 3.41. The van der Waals surface area contributed by atoms with Gasteiger partial charge in [-0.15, -0.1) is 5.10 Å². The van der Waals surface area contributed by atoms with E-state index >= 15 is 0 Å². The molecule has 0 aliphatic heterocycles. The van der Waals surface area contributed by atoms with Crippen molar-refractivity contribution >= 4 is 29.6 Å². The molecule has 8 heteroatoms. The van der Waals surface area contributed by atoms with Crippen molar-refractivity contribution in [1.82, 2.24) is 29.2 Å². The molecule has 0 atom stereocenters.